The zero-order chi connectivity index (χ0) is 18.7. The number of hydrogen-bond acceptors (Lipinski definition) is 7. The molecule has 0 saturated carbocycles. The Morgan fingerprint density at radius 2 is 2.08 bits per heavy atom. The van der Waals surface area contributed by atoms with Crippen LogP contribution in [0.1, 0.15) is 37.6 Å². The van der Waals surface area contributed by atoms with E-state index < -0.39 is 0 Å². The predicted octanol–water partition coefficient (Wildman–Crippen LogP) is 3.95. The quantitative estimate of drug-likeness (QED) is 0.471. The van der Waals surface area contributed by atoms with Crippen molar-refractivity contribution < 1.29 is 4.79 Å². The van der Waals surface area contributed by atoms with Gasteiger partial charge in [0.05, 0.1) is 5.25 Å². The van der Waals surface area contributed by atoms with Crippen LogP contribution in [0.25, 0.3) is 10.9 Å². The Balaban J connectivity index is 1.80. The van der Waals surface area contributed by atoms with E-state index in [0.717, 1.165) is 21.3 Å². The zero-order valence-electron chi connectivity index (χ0n) is 14.8. The summed E-state index contributed by atoms with van der Waals surface area (Å²) >= 11 is 2.79. The van der Waals surface area contributed by atoms with Gasteiger partial charge in [-0.15, -0.1) is 10.2 Å². The Labute approximate surface area is 159 Å². The maximum Gasteiger partial charge on any atom is 0.249 e. The van der Waals surface area contributed by atoms with Crippen molar-refractivity contribution in [2.75, 3.05) is 5.32 Å². The van der Waals surface area contributed by atoms with E-state index in [9.17, 15) is 9.59 Å². The van der Waals surface area contributed by atoms with Gasteiger partial charge in [0.1, 0.15) is 0 Å². The summed E-state index contributed by atoms with van der Waals surface area (Å²) in [5.74, 6) is -0.0936. The SMILES string of the molecule is CCC(C)Nc1nnc(SC(C)C(=O)c2cc(=O)[nH]c3ccccc23)s1. The summed E-state index contributed by atoms with van der Waals surface area (Å²) in [5, 5.41) is 12.7. The monoisotopic (exact) mass is 388 g/mol. The number of hydrogen-bond donors (Lipinski definition) is 2. The van der Waals surface area contributed by atoms with E-state index in [4.69, 9.17) is 0 Å². The number of para-hydroxylation sites is 1. The Hall–Kier alpha value is -2.19. The fraction of sp³-hybridized carbons (Fsp3) is 0.333. The van der Waals surface area contributed by atoms with Crippen LogP contribution in [0.4, 0.5) is 5.13 Å². The molecule has 0 saturated heterocycles. The summed E-state index contributed by atoms with van der Waals surface area (Å²) in [6.45, 7) is 6.01. The van der Waals surface area contributed by atoms with Crippen LogP contribution in [0.2, 0.25) is 0 Å². The number of ketones is 1. The predicted molar refractivity (Wildman–Crippen MR) is 108 cm³/mol. The van der Waals surface area contributed by atoms with Gasteiger partial charge in [-0.25, -0.2) is 0 Å². The number of aromatic nitrogens is 3. The van der Waals surface area contributed by atoms with Gasteiger partial charge in [-0.05, 0) is 26.3 Å². The van der Waals surface area contributed by atoms with Crippen LogP contribution in [0.5, 0.6) is 0 Å². The second-order valence-corrected chi connectivity index (χ2v) is 8.61. The lowest BCUT2D eigenvalue weighted by Gasteiger charge is -2.10. The maximum atomic E-state index is 12.9. The summed E-state index contributed by atoms with van der Waals surface area (Å²) in [7, 11) is 0. The van der Waals surface area contributed by atoms with Gasteiger partial charge in [-0.2, -0.15) is 0 Å². The molecule has 6 nitrogen and oxygen atoms in total. The third-order valence-corrected chi connectivity index (χ3v) is 6.09. The lowest BCUT2D eigenvalue weighted by molar-refractivity contribution is 0.0995. The molecule has 26 heavy (non-hydrogen) atoms. The van der Waals surface area contributed by atoms with Gasteiger partial charge < -0.3 is 10.3 Å². The van der Waals surface area contributed by atoms with E-state index in [1.165, 1.54) is 29.2 Å². The minimum absolute atomic E-state index is 0.0936. The van der Waals surface area contributed by atoms with Crippen molar-refractivity contribution >= 4 is 44.9 Å². The van der Waals surface area contributed by atoms with Crippen molar-refractivity contribution in [3.05, 3.63) is 46.2 Å². The molecule has 2 unspecified atom stereocenters. The highest BCUT2D eigenvalue weighted by molar-refractivity contribution is 8.02. The Bertz CT molecular complexity index is 982. The van der Waals surface area contributed by atoms with Crippen LogP contribution in [-0.2, 0) is 0 Å². The van der Waals surface area contributed by atoms with E-state index in [1.54, 1.807) is 6.07 Å². The van der Waals surface area contributed by atoms with Crippen molar-refractivity contribution in [1.82, 2.24) is 15.2 Å². The molecule has 2 N–H and O–H groups in total. The third kappa shape index (κ3) is 4.13. The number of rotatable bonds is 7. The second-order valence-electron chi connectivity index (χ2n) is 6.04. The van der Waals surface area contributed by atoms with Crippen LogP contribution < -0.4 is 10.9 Å². The van der Waals surface area contributed by atoms with Crippen molar-refractivity contribution in [2.45, 2.75) is 42.8 Å². The minimum Gasteiger partial charge on any atom is -0.358 e. The fourth-order valence-electron chi connectivity index (χ4n) is 2.46. The summed E-state index contributed by atoms with van der Waals surface area (Å²) < 4.78 is 0.728. The summed E-state index contributed by atoms with van der Waals surface area (Å²) in [5.41, 5.74) is 0.823. The number of carbonyl (C=O) groups is 1. The standard InChI is InChI=1S/C18H20N4O2S2/c1-4-10(2)19-17-21-22-18(26-17)25-11(3)16(24)13-9-15(23)20-14-8-6-5-7-12(13)14/h5-11H,4H2,1-3H3,(H,19,21)(H,20,23). The van der Waals surface area contributed by atoms with Crippen LogP contribution in [-0.4, -0.2) is 32.3 Å². The van der Waals surface area contributed by atoms with E-state index in [2.05, 4.69) is 34.3 Å². The Morgan fingerprint density at radius 1 is 1.31 bits per heavy atom. The van der Waals surface area contributed by atoms with Gasteiger partial charge in [0, 0.05) is 28.6 Å². The van der Waals surface area contributed by atoms with Crippen molar-refractivity contribution in [1.29, 1.82) is 0 Å². The molecule has 2 atom stereocenters. The number of aromatic amines is 1. The number of H-pyrrole nitrogens is 1. The smallest absolute Gasteiger partial charge is 0.249 e. The highest BCUT2D eigenvalue weighted by atomic mass is 32.2. The molecule has 0 aliphatic heterocycles. The van der Waals surface area contributed by atoms with E-state index in [0.29, 0.717) is 17.1 Å². The van der Waals surface area contributed by atoms with Gasteiger partial charge in [0.2, 0.25) is 10.7 Å². The number of nitrogens with one attached hydrogen (secondary N) is 2. The zero-order valence-corrected chi connectivity index (χ0v) is 16.4. The first kappa shape index (κ1) is 18.6. The molecule has 3 rings (SSSR count). The normalized spacial score (nSPS) is 13.5. The average Bonchev–Trinajstić information content (AvgIpc) is 3.06. The Morgan fingerprint density at radius 3 is 2.85 bits per heavy atom. The first-order chi connectivity index (χ1) is 12.5. The minimum atomic E-state index is -0.371. The van der Waals surface area contributed by atoms with Crippen LogP contribution >= 0.6 is 23.1 Å². The molecule has 2 aromatic heterocycles. The highest BCUT2D eigenvalue weighted by Crippen LogP contribution is 2.31. The van der Waals surface area contributed by atoms with E-state index in [-0.39, 0.29) is 16.6 Å². The number of thioether (sulfide) groups is 1. The van der Waals surface area contributed by atoms with Gasteiger partial charge in [-0.1, -0.05) is 48.2 Å². The second kappa shape index (κ2) is 8.01. The molecule has 8 heteroatoms. The first-order valence-electron chi connectivity index (χ1n) is 8.41. The molecule has 2 heterocycles. The molecule has 0 bridgehead atoms. The van der Waals surface area contributed by atoms with Crippen LogP contribution in [0.3, 0.4) is 0 Å². The number of fused-ring (bicyclic) bond motifs is 1. The molecule has 1 aromatic carbocycles. The maximum absolute atomic E-state index is 12.9. The number of anilines is 1. The highest BCUT2D eigenvalue weighted by Gasteiger charge is 2.21. The number of benzene rings is 1. The molecule has 0 fully saturated rings. The molecule has 0 amide bonds. The third-order valence-electron chi connectivity index (χ3n) is 4.05. The fourth-order valence-corrected chi connectivity index (χ4v) is 4.54. The summed E-state index contributed by atoms with van der Waals surface area (Å²) in [6.07, 6.45) is 0.993. The molecular weight excluding hydrogens is 368 g/mol. The van der Waals surface area contributed by atoms with Gasteiger partial charge in [0.15, 0.2) is 10.1 Å². The van der Waals surface area contributed by atoms with Crippen molar-refractivity contribution in [3.63, 3.8) is 0 Å². The molecule has 3 aromatic rings. The van der Waals surface area contributed by atoms with Crippen LogP contribution in [0.15, 0.2) is 39.5 Å². The molecular formula is C18H20N4O2S2. The molecule has 0 radical (unpaired) electrons. The van der Waals surface area contributed by atoms with Crippen molar-refractivity contribution in [2.24, 2.45) is 0 Å². The van der Waals surface area contributed by atoms with E-state index in [1.807, 2.05) is 25.1 Å². The number of Topliss-reactive ketones (excluding diaryl/α,β-unsaturated/α-hetero) is 1. The molecule has 0 aliphatic carbocycles. The van der Waals surface area contributed by atoms with Gasteiger partial charge in [0.25, 0.3) is 0 Å². The van der Waals surface area contributed by atoms with Gasteiger partial charge in [-0.3, -0.25) is 9.59 Å². The van der Waals surface area contributed by atoms with Gasteiger partial charge >= 0.3 is 0 Å². The molecule has 0 aliphatic rings. The molecule has 136 valence electrons. The number of nitrogens with zero attached hydrogens (tertiary/aromatic N) is 2. The first-order valence-corrected chi connectivity index (χ1v) is 10.1. The van der Waals surface area contributed by atoms with E-state index >= 15 is 0 Å². The lowest BCUT2D eigenvalue weighted by atomic mass is 10.0. The number of carbonyl (C=O) groups excluding carboxylic acids is 1. The number of pyridine rings is 1. The van der Waals surface area contributed by atoms with Crippen LogP contribution in [0, 0.1) is 0 Å². The molecule has 0 spiro atoms. The lowest BCUT2D eigenvalue weighted by Crippen LogP contribution is -2.17. The topological polar surface area (TPSA) is 87.7 Å². The van der Waals surface area contributed by atoms with Crippen molar-refractivity contribution in [3.8, 4) is 0 Å². The Kier molecular flexibility index (Phi) is 5.73. The summed E-state index contributed by atoms with van der Waals surface area (Å²) in [4.78, 5) is 27.6. The average molecular weight is 389 g/mol. The largest absolute Gasteiger partial charge is 0.358 e. The summed E-state index contributed by atoms with van der Waals surface area (Å²) in [6, 6.07) is 9.02.